The van der Waals surface area contributed by atoms with Crippen LogP contribution in [0, 0.1) is 11.7 Å². The number of hydrogen-bond acceptors (Lipinski definition) is 4. The third kappa shape index (κ3) is 5.00. The largest absolute Gasteiger partial charge is 0.481 e. The van der Waals surface area contributed by atoms with Crippen molar-refractivity contribution in [2.75, 3.05) is 24.7 Å². The molecular weight excluding hydrogens is 297 g/mol. The molecule has 1 saturated heterocycles. The Balaban J connectivity index is 1.65. The maximum atomic E-state index is 13.3. The molecule has 1 aliphatic heterocycles. The van der Waals surface area contributed by atoms with Crippen LogP contribution in [0.4, 0.5) is 4.39 Å². The van der Waals surface area contributed by atoms with Gasteiger partial charge in [0.25, 0.3) is 5.91 Å². The minimum absolute atomic E-state index is 0.0366. The van der Waals surface area contributed by atoms with Crippen LogP contribution in [0.2, 0.25) is 0 Å². The van der Waals surface area contributed by atoms with Crippen LogP contribution in [0.25, 0.3) is 0 Å². The maximum Gasteiger partial charge on any atom is 0.257 e. The fourth-order valence-electron chi connectivity index (χ4n) is 2.27. The average molecular weight is 315 g/mol. The fourth-order valence-corrected chi connectivity index (χ4v) is 4.18. The Morgan fingerprint density at radius 2 is 2.14 bits per heavy atom. The van der Waals surface area contributed by atoms with E-state index in [9.17, 15) is 17.6 Å². The molecule has 1 unspecified atom stereocenters. The van der Waals surface area contributed by atoms with Crippen LogP contribution in [-0.4, -0.2) is 39.0 Å². The van der Waals surface area contributed by atoms with Crippen LogP contribution in [0.5, 0.6) is 5.75 Å². The predicted molar refractivity (Wildman–Crippen MR) is 76.3 cm³/mol. The Hall–Kier alpha value is -1.63. The smallest absolute Gasteiger partial charge is 0.257 e. The van der Waals surface area contributed by atoms with Gasteiger partial charge in [-0.2, -0.15) is 0 Å². The second-order valence-corrected chi connectivity index (χ2v) is 7.36. The van der Waals surface area contributed by atoms with E-state index in [4.69, 9.17) is 4.74 Å². The van der Waals surface area contributed by atoms with Gasteiger partial charge < -0.3 is 10.1 Å². The van der Waals surface area contributed by atoms with Crippen LogP contribution < -0.4 is 10.1 Å². The number of ether oxygens (including phenoxy) is 1. The fraction of sp³-hybridized carbons (Fsp3) is 0.500. The second kappa shape index (κ2) is 6.89. The van der Waals surface area contributed by atoms with Crippen molar-refractivity contribution in [2.45, 2.75) is 12.8 Å². The number of para-hydroxylation sites is 1. The summed E-state index contributed by atoms with van der Waals surface area (Å²) in [5.41, 5.74) is 0. The molecule has 1 atom stereocenters. The molecule has 21 heavy (non-hydrogen) atoms. The molecule has 1 fully saturated rings. The van der Waals surface area contributed by atoms with Gasteiger partial charge in [-0.05, 0) is 30.9 Å². The first kappa shape index (κ1) is 15.8. The molecule has 0 aromatic heterocycles. The quantitative estimate of drug-likeness (QED) is 0.854. The average Bonchev–Trinajstić information content (AvgIpc) is 2.77. The van der Waals surface area contributed by atoms with Gasteiger partial charge in [0.15, 0.2) is 28.0 Å². The van der Waals surface area contributed by atoms with Gasteiger partial charge >= 0.3 is 0 Å². The SMILES string of the molecule is O=C(COc1ccccc1F)NCCC1CCS(=O)(=O)C1. The highest BCUT2D eigenvalue weighted by atomic mass is 32.2. The number of carbonyl (C=O) groups is 1. The number of carbonyl (C=O) groups excluding carboxylic acids is 1. The monoisotopic (exact) mass is 315 g/mol. The molecule has 0 radical (unpaired) electrons. The highest BCUT2D eigenvalue weighted by molar-refractivity contribution is 7.91. The summed E-state index contributed by atoms with van der Waals surface area (Å²) in [6.07, 6.45) is 1.29. The highest BCUT2D eigenvalue weighted by Gasteiger charge is 2.27. The molecule has 2 rings (SSSR count). The molecule has 1 aromatic rings. The Morgan fingerprint density at radius 1 is 1.38 bits per heavy atom. The summed E-state index contributed by atoms with van der Waals surface area (Å²) >= 11 is 0. The van der Waals surface area contributed by atoms with E-state index < -0.39 is 15.7 Å². The normalized spacial score (nSPS) is 20.1. The number of rotatable bonds is 6. The van der Waals surface area contributed by atoms with Gasteiger partial charge in [0, 0.05) is 6.54 Å². The zero-order chi connectivity index (χ0) is 15.3. The van der Waals surface area contributed by atoms with E-state index in [-0.39, 0.29) is 35.7 Å². The summed E-state index contributed by atoms with van der Waals surface area (Å²) < 4.78 is 40.9. The summed E-state index contributed by atoms with van der Waals surface area (Å²) in [6.45, 7) is 0.142. The van der Waals surface area contributed by atoms with Crippen LogP contribution in [-0.2, 0) is 14.6 Å². The molecule has 0 saturated carbocycles. The second-order valence-electron chi connectivity index (χ2n) is 5.13. The third-order valence-corrected chi connectivity index (χ3v) is 5.23. The molecule has 1 heterocycles. The minimum Gasteiger partial charge on any atom is -0.481 e. The van der Waals surface area contributed by atoms with E-state index in [0.29, 0.717) is 19.4 Å². The van der Waals surface area contributed by atoms with Crippen molar-refractivity contribution >= 4 is 15.7 Å². The van der Waals surface area contributed by atoms with E-state index in [1.165, 1.54) is 18.2 Å². The Morgan fingerprint density at radius 3 is 2.81 bits per heavy atom. The van der Waals surface area contributed by atoms with Crippen molar-refractivity contribution < 1.29 is 22.3 Å². The number of sulfone groups is 1. The van der Waals surface area contributed by atoms with Gasteiger partial charge in [0.1, 0.15) is 0 Å². The predicted octanol–water partition coefficient (Wildman–Crippen LogP) is 1.15. The van der Waals surface area contributed by atoms with Crippen molar-refractivity contribution in [3.8, 4) is 5.75 Å². The molecule has 7 heteroatoms. The van der Waals surface area contributed by atoms with Crippen LogP contribution in [0.3, 0.4) is 0 Å². The van der Waals surface area contributed by atoms with Gasteiger partial charge in [-0.1, -0.05) is 12.1 Å². The molecular formula is C14H18FNO4S. The van der Waals surface area contributed by atoms with Crippen molar-refractivity contribution in [1.29, 1.82) is 0 Å². The standard InChI is InChI=1S/C14H18FNO4S/c15-12-3-1-2-4-13(12)20-9-14(17)16-7-5-11-6-8-21(18,19)10-11/h1-4,11H,5-10H2,(H,16,17). The number of amides is 1. The van der Waals surface area contributed by atoms with Crippen molar-refractivity contribution in [3.63, 3.8) is 0 Å². The van der Waals surface area contributed by atoms with E-state index >= 15 is 0 Å². The Bertz CT molecular complexity index is 603. The molecule has 1 aromatic carbocycles. The van der Waals surface area contributed by atoms with Crippen molar-refractivity contribution in [2.24, 2.45) is 5.92 Å². The zero-order valence-corrected chi connectivity index (χ0v) is 12.4. The number of hydrogen-bond donors (Lipinski definition) is 1. The zero-order valence-electron chi connectivity index (χ0n) is 11.5. The first-order valence-electron chi connectivity index (χ1n) is 6.81. The lowest BCUT2D eigenvalue weighted by Crippen LogP contribution is -2.30. The van der Waals surface area contributed by atoms with Crippen LogP contribution in [0.1, 0.15) is 12.8 Å². The number of nitrogens with one attached hydrogen (secondary N) is 1. The summed E-state index contributed by atoms with van der Waals surface area (Å²) in [5.74, 6) is -0.269. The Kier molecular flexibility index (Phi) is 5.17. The topological polar surface area (TPSA) is 72.5 Å². The molecule has 1 aliphatic rings. The third-order valence-electron chi connectivity index (χ3n) is 3.40. The van der Waals surface area contributed by atoms with Crippen LogP contribution in [0.15, 0.2) is 24.3 Å². The maximum absolute atomic E-state index is 13.3. The first-order valence-corrected chi connectivity index (χ1v) is 8.63. The molecule has 0 aliphatic carbocycles. The van der Waals surface area contributed by atoms with E-state index in [1.807, 2.05) is 0 Å². The molecule has 116 valence electrons. The lowest BCUT2D eigenvalue weighted by atomic mass is 10.1. The molecule has 1 N–H and O–H groups in total. The van der Waals surface area contributed by atoms with Gasteiger partial charge in [0.2, 0.25) is 0 Å². The van der Waals surface area contributed by atoms with Gasteiger partial charge in [0.05, 0.1) is 11.5 Å². The van der Waals surface area contributed by atoms with Gasteiger partial charge in [-0.3, -0.25) is 4.79 Å². The summed E-state index contributed by atoms with van der Waals surface area (Å²) in [5, 5.41) is 2.65. The number of halogens is 1. The highest BCUT2D eigenvalue weighted by Crippen LogP contribution is 2.20. The van der Waals surface area contributed by atoms with Gasteiger partial charge in [-0.25, -0.2) is 12.8 Å². The molecule has 1 amide bonds. The molecule has 0 bridgehead atoms. The van der Waals surface area contributed by atoms with Crippen LogP contribution >= 0.6 is 0 Å². The van der Waals surface area contributed by atoms with Crippen molar-refractivity contribution in [3.05, 3.63) is 30.1 Å². The van der Waals surface area contributed by atoms with Gasteiger partial charge in [-0.15, -0.1) is 0 Å². The molecule has 0 spiro atoms. The number of benzene rings is 1. The summed E-state index contributed by atoms with van der Waals surface area (Å²) in [4.78, 5) is 11.6. The van der Waals surface area contributed by atoms with E-state index in [0.717, 1.165) is 0 Å². The lowest BCUT2D eigenvalue weighted by Gasteiger charge is -2.10. The summed E-state index contributed by atoms with van der Waals surface area (Å²) in [6, 6.07) is 5.87. The lowest BCUT2D eigenvalue weighted by molar-refractivity contribution is -0.123. The minimum atomic E-state index is -2.88. The Labute approximate surface area is 123 Å². The van der Waals surface area contributed by atoms with Crippen molar-refractivity contribution in [1.82, 2.24) is 5.32 Å². The molecule has 5 nitrogen and oxygen atoms in total. The first-order chi connectivity index (χ1) is 9.96. The summed E-state index contributed by atoms with van der Waals surface area (Å²) in [7, 11) is -2.88. The van der Waals surface area contributed by atoms with E-state index in [2.05, 4.69) is 5.32 Å². The van der Waals surface area contributed by atoms with E-state index in [1.54, 1.807) is 6.07 Å².